The van der Waals surface area contributed by atoms with Gasteiger partial charge in [0, 0.05) is 35.4 Å². The molecule has 2 rings (SSSR count). The molecule has 3 N–H and O–H groups in total. The second-order valence-electron chi connectivity index (χ2n) is 6.85. The molecule has 1 saturated heterocycles. The van der Waals surface area contributed by atoms with Crippen molar-refractivity contribution >= 4 is 0 Å². The van der Waals surface area contributed by atoms with Gasteiger partial charge < -0.3 is 15.6 Å². The molecule has 0 radical (unpaired) electrons. The zero-order valence-electron chi connectivity index (χ0n) is 12.1. The molecule has 0 aliphatic carbocycles. The topological polar surface area (TPSA) is 39.9 Å². The highest BCUT2D eigenvalue weighted by Crippen LogP contribution is 2.23. The molecule has 1 aromatic rings. The van der Waals surface area contributed by atoms with Crippen LogP contribution in [0.25, 0.3) is 0 Å². The van der Waals surface area contributed by atoms with Gasteiger partial charge in [-0.3, -0.25) is 0 Å². The van der Waals surface area contributed by atoms with Crippen molar-refractivity contribution < 1.29 is 0 Å². The van der Waals surface area contributed by atoms with Gasteiger partial charge in [0.05, 0.1) is 0 Å². The minimum absolute atomic E-state index is 0.165. The number of hydrogen-bond acceptors (Lipinski definition) is 2. The third-order valence-corrected chi connectivity index (χ3v) is 4.01. The Balaban J connectivity index is 1.88. The molecule has 0 bridgehead atoms. The highest BCUT2D eigenvalue weighted by Gasteiger charge is 2.29. The SMILES string of the molecule is CC1(C)CC(NCC(C)(C)c2ccc[nH]2)CCN1. The standard InChI is InChI=1S/C15H27N3/c1-14(2,13-6-5-8-16-13)11-17-12-7-9-18-15(3,4)10-12/h5-6,8,12,16-18H,7,9-11H2,1-4H3. The van der Waals surface area contributed by atoms with E-state index in [2.05, 4.69) is 55.4 Å². The van der Waals surface area contributed by atoms with Crippen molar-refractivity contribution in [1.82, 2.24) is 15.6 Å². The van der Waals surface area contributed by atoms with E-state index in [4.69, 9.17) is 0 Å². The van der Waals surface area contributed by atoms with Crippen molar-refractivity contribution in [3.63, 3.8) is 0 Å². The molecule has 1 aromatic heterocycles. The largest absolute Gasteiger partial charge is 0.365 e. The first kappa shape index (κ1) is 13.6. The van der Waals surface area contributed by atoms with Crippen molar-refractivity contribution in [3.05, 3.63) is 24.0 Å². The van der Waals surface area contributed by atoms with Gasteiger partial charge in [0.15, 0.2) is 0 Å². The molecule has 3 heteroatoms. The Morgan fingerprint density at radius 1 is 1.44 bits per heavy atom. The van der Waals surface area contributed by atoms with E-state index in [0.29, 0.717) is 6.04 Å². The predicted molar refractivity (Wildman–Crippen MR) is 76.9 cm³/mol. The van der Waals surface area contributed by atoms with Gasteiger partial charge >= 0.3 is 0 Å². The molecule has 18 heavy (non-hydrogen) atoms. The highest BCUT2D eigenvalue weighted by atomic mass is 15.0. The Labute approximate surface area is 111 Å². The monoisotopic (exact) mass is 249 g/mol. The number of rotatable bonds is 4. The molecule has 1 aliphatic rings. The molecule has 0 amide bonds. The third kappa shape index (κ3) is 3.36. The molecule has 1 unspecified atom stereocenters. The molecule has 0 aromatic carbocycles. The van der Waals surface area contributed by atoms with Crippen LogP contribution in [0.5, 0.6) is 0 Å². The third-order valence-electron chi connectivity index (χ3n) is 4.01. The fraction of sp³-hybridized carbons (Fsp3) is 0.733. The lowest BCUT2D eigenvalue weighted by molar-refractivity contribution is 0.239. The van der Waals surface area contributed by atoms with E-state index in [1.54, 1.807) is 0 Å². The molecular weight excluding hydrogens is 222 g/mol. The van der Waals surface area contributed by atoms with E-state index < -0.39 is 0 Å². The number of aromatic amines is 1. The van der Waals surface area contributed by atoms with E-state index in [0.717, 1.165) is 13.1 Å². The van der Waals surface area contributed by atoms with Crippen LogP contribution in [0, 0.1) is 0 Å². The Kier molecular flexibility index (Phi) is 3.83. The first-order valence-corrected chi connectivity index (χ1v) is 7.01. The Morgan fingerprint density at radius 3 is 2.83 bits per heavy atom. The van der Waals surface area contributed by atoms with Crippen LogP contribution in [0.4, 0.5) is 0 Å². The number of nitrogens with one attached hydrogen (secondary N) is 3. The van der Waals surface area contributed by atoms with Crippen LogP contribution in [0.2, 0.25) is 0 Å². The predicted octanol–water partition coefficient (Wildman–Crippen LogP) is 2.41. The summed E-state index contributed by atoms with van der Waals surface area (Å²) in [5.74, 6) is 0. The van der Waals surface area contributed by atoms with Gasteiger partial charge in [-0.2, -0.15) is 0 Å². The van der Waals surface area contributed by atoms with E-state index in [1.807, 2.05) is 6.20 Å². The normalized spacial score (nSPS) is 24.1. The molecule has 0 spiro atoms. The Bertz CT molecular complexity index is 365. The van der Waals surface area contributed by atoms with Crippen LogP contribution < -0.4 is 10.6 Å². The molecule has 3 nitrogen and oxygen atoms in total. The molecule has 1 atom stereocenters. The van der Waals surface area contributed by atoms with Gasteiger partial charge in [-0.1, -0.05) is 13.8 Å². The molecule has 1 aliphatic heterocycles. The summed E-state index contributed by atoms with van der Waals surface area (Å²) in [6.45, 7) is 11.3. The van der Waals surface area contributed by atoms with Gasteiger partial charge in [-0.25, -0.2) is 0 Å². The summed E-state index contributed by atoms with van der Waals surface area (Å²) in [6, 6.07) is 4.88. The second kappa shape index (κ2) is 5.06. The van der Waals surface area contributed by atoms with Crippen molar-refractivity contribution in [3.8, 4) is 0 Å². The summed E-state index contributed by atoms with van der Waals surface area (Å²) in [5, 5.41) is 7.31. The first-order chi connectivity index (χ1) is 8.39. The summed E-state index contributed by atoms with van der Waals surface area (Å²) in [6.07, 6.45) is 4.43. The molecule has 102 valence electrons. The molecule has 1 fully saturated rings. The van der Waals surface area contributed by atoms with Crippen LogP contribution in [-0.2, 0) is 5.41 Å². The average Bonchev–Trinajstić information content (AvgIpc) is 2.79. The maximum absolute atomic E-state index is 3.75. The smallest absolute Gasteiger partial charge is 0.0217 e. The summed E-state index contributed by atoms with van der Waals surface area (Å²) in [7, 11) is 0. The van der Waals surface area contributed by atoms with Crippen molar-refractivity contribution in [2.24, 2.45) is 0 Å². The second-order valence-corrected chi connectivity index (χ2v) is 6.85. The fourth-order valence-corrected chi connectivity index (χ4v) is 2.80. The van der Waals surface area contributed by atoms with Gasteiger partial charge in [0.2, 0.25) is 0 Å². The molecular formula is C15H27N3. The zero-order chi connectivity index (χ0) is 13.2. The number of H-pyrrole nitrogens is 1. The lowest BCUT2D eigenvalue weighted by Gasteiger charge is -2.38. The first-order valence-electron chi connectivity index (χ1n) is 7.01. The van der Waals surface area contributed by atoms with Crippen molar-refractivity contribution in [2.75, 3.05) is 13.1 Å². The minimum atomic E-state index is 0.165. The number of hydrogen-bond donors (Lipinski definition) is 3. The fourth-order valence-electron chi connectivity index (χ4n) is 2.80. The number of aromatic nitrogens is 1. The van der Waals surface area contributed by atoms with Gasteiger partial charge in [0.25, 0.3) is 0 Å². The minimum Gasteiger partial charge on any atom is -0.365 e. The molecule has 0 saturated carbocycles. The van der Waals surface area contributed by atoms with E-state index >= 15 is 0 Å². The van der Waals surface area contributed by atoms with E-state index in [-0.39, 0.29) is 11.0 Å². The average molecular weight is 249 g/mol. The lowest BCUT2D eigenvalue weighted by Crippen LogP contribution is -2.53. The van der Waals surface area contributed by atoms with E-state index in [1.165, 1.54) is 18.5 Å². The molecule has 2 heterocycles. The van der Waals surface area contributed by atoms with Gasteiger partial charge in [-0.05, 0) is 45.4 Å². The quantitative estimate of drug-likeness (QED) is 0.767. The summed E-state index contributed by atoms with van der Waals surface area (Å²) >= 11 is 0. The maximum atomic E-state index is 3.75. The van der Waals surface area contributed by atoms with E-state index in [9.17, 15) is 0 Å². The van der Waals surface area contributed by atoms with Crippen LogP contribution in [-0.4, -0.2) is 29.7 Å². The van der Waals surface area contributed by atoms with Crippen LogP contribution in [0.1, 0.15) is 46.2 Å². The summed E-state index contributed by atoms with van der Waals surface area (Å²) < 4.78 is 0. The van der Waals surface area contributed by atoms with Crippen LogP contribution >= 0.6 is 0 Å². The van der Waals surface area contributed by atoms with Gasteiger partial charge in [-0.15, -0.1) is 0 Å². The van der Waals surface area contributed by atoms with Crippen LogP contribution in [0.3, 0.4) is 0 Å². The van der Waals surface area contributed by atoms with Crippen molar-refractivity contribution in [2.45, 2.75) is 57.5 Å². The Hall–Kier alpha value is -0.800. The zero-order valence-corrected chi connectivity index (χ0v) is 12.1. The number of piperidine rings is 1. The lowest BCUT2D eigenvalue weighted by atomic mass is 9.86. The van der Waals surface area contributed by atoms with Crippen molar-refractivity contribution in [1.29, 1.82) is 0 Å². The van der Waals surface area contributed by atoms with Gasteiger partial charge in [0.1, 0.15) is 0 Å². The summed E-state index contributed by atoms with van der Waals surface area (Å²) in [4.78, 5) is 3.33. The van der Waals surface area contributed by atoms with Crippen LogP contribution in [0.15, 0.2) is 18.3 Å². The highest BCUT2D eigenvalue weighted by molar-refractivity contribution is 5.15. The maximum Gasteiger partial charge on any atom is 0.0217 e. The Morgan fingerprint density at radius 2 is 2.22 bits per heavy atom. The summed E-state index contributed by atoms with van der Waals surface area (Å²) in [5.41, 5.74) is 1.74.